The minimum Gasteiger partial charge on any atom is -0.506 e. The quantitative estimate of drug-likeness (QED) is 0.737. The molecule has 3 rings (SSSR count). The lowest BCUT2D eigenvalue weighted by molar-refractivity contribution is 0.478. The first kappa shape index (κ1) is 10.4. The number of fused-ring (bicyclic) bond motifs is 1. The van der Waals surface area contributed by atoms with Crippen molar-refractivity contribution in [3.8, 4) is 17.1 Å². The molecule has 0 saturated carbocycles. The number of rotatable bonds is 1. The summed E-state index contributed by atoms with van der Waals surface area (Å²) in [7, 11) is 0. The monoisotopic (exact) mass is 289 g/mol. The third-order valence-corrected chi connectivity index (χ3v) is 3.31. The van der Waals surface area contributed by atoms with Crippen LogP contribution in [0.1, 0.15) is 0 Å². The summed E-state index contributed by atoms with van der Waals surface area (Å²) in [6, 6.07) is 9.72. The standard InChI is InChI=1S/C13H8BrNO2/c14-12-11-9(16)6-15-7-10(11)17-13(12)8-4-2-1-3-5-8/h1-7,16H. The molecule has 0 unspecified atom stereocenters. The van der Waals surface area contributed by atoms with Crippen LogP contribution in [-0.4, -0.2) is 10.1 Å². The number of nitrogens with zero attached hydrogens (tertiary/aromatic N) is 1. The fourth-order valence-electron chi connectivity index (χ4n) is 1.77. The summed E-state index contributed by atoms with van der Waals surface area (Å²) in [4.78, 5) is 3.90. The Morgan fingerprint density at radius 1 is 1.12 bits per heavy atom. The van der Waals surface area contributed by atoms with Gasteiger partial charge in [0.15, 0.2) is 5.58 Å². The van der Waals surface area contributed by atoms with Crippen molar-refractivity contribution in [2.75, 3.05) is 0 Å². The van der Waals surface area contributed by atoms with E-state index in [1.807, 2.05) is 30.3 Å². The number of furan rings is 1. The lowest BCUT2D eigenvalue weighted by Gasteiger charge is -1.96. The Morgan fingerprint density at radius 3 is 2.59 bits per heavy atom. The summed E-state index contributed by atoms with van der Waals surface area (Å²) in [6.45, 7) is 0. The molecular weight excluding hydrogens is 282 g/mol. The van der Waals surface area contributed by atoms with E-state index in [-0.39, 0.29) is 5.75 Å². The maximum absolute atomic E-state index is 9.76. The summed E-state index contributed by atoms with van der Waals surface area (Å²) in [5.41, 5.74) is 1.52. The first-order chi connectivity index (χ1) is 8.27. The van der Waals surface area contributed by atoms with Crippen LogP contribution in [-0.2, 0) is 0 Å². The molecule has 84 valence electrons. The molecule has 0 radical (unpaired) electrons. The molecule has 2 aromatic heterocycles. The van der Waals surface area contributed by atoms with Crippen molar-refractivity contribution in [2.24, 2.45) is 0 Å². The second-order valence-electron chi connectivity index (χ2n) is 3.64. The molecule has 0 atom stereocenters. The molecule has 0 spiro atoms. The smallest absolute Gasteiger partial charge is 0.158 e. The van der Waals surface area contributed by atoms with Crippen molar-refractivity contribution in [1.29, 1.82) is 0 Å². The maximum Gasteiger partial charge on any atom is 0.158 e. The molecule has 4 heteroatoms. The lowest BCUT2D eigenvalue weighted by atomic mass is 10.1. The van der Waals surface area contributed by atoms with E-state index in [1.165, 1.54) is 6.20 Å². The van der Waals surface area contributed by atoms with E-state index in [4.69, 9.17) is 4.42 Å². The number of pyridine rings is 1. The van der Waals surface area contributed by atoms with Crippen molar-refractivity contribution < 1.29 is 9.52 Å². The van der Waals surface area contributed by atoms with Gasteiger partial charge in [0.2, 0.25) is 0 Å². The van der Waals surface area contributed by atoms with Crippen molar-refractivity contribution in [3.05, 3.63) is 47.2 Å². The number of benzene rings is 1. The highest BCUT2D eigenvalue weighted by atomic mass is 79.9. The van der Waals surface area contributed by atoms with E-state index < -0.39 is 0 Å². The fraction of sp³-hybridized carbons (Fsp3) is 0. The van der Waals surface area contributed by atoms with Crippen molar-refractivity contribution in [3.63, 3.8) is 0 Å². The Kier molecular flexibility index (Phi) is 2.37. The first-order valence-corrected chi connectivity index (χ1v) is 5.87. The van der Waals surface area contributed by atoms with Gasteiger partial charge in [-0.3, -0.25) is 4.98 Å². The number of aromatic hydroxyl groups is 1. The summed E-state index contributed by atoms with van der Waals surface area (Å²) in [5, 5.41) is 10.4. The number of halogens is 1. The molecule has 1 N–H and O–H groups in total. The largest absolute Gasteiger partial charge is 0.506 e. The topological polar surface area (TPSA) is 46.3 Å². The lowest BCUT2D eigenvalue weighted by Crippen LogP contribution is -1.73. The van der Waals surface area contributed by atoms with Crippen LogP contribution in [0.15, 0.2) is 51.6 Å². The highest BCUT2D eigenvalue weighted by molar-refractivity contribution is 9.10. The van der Waals surface area contributed by atoms with Gasteiger partial charge in [0.1, 0.15) is 11.5 Å². The third kappa shape index (κ3) is 1.61. The maximum atomic E-state index is 9.76. The van der Waals surface area contributed by atoms with Gasteiger partial charge in [0, 0.05) is 5.56 Å². The molecule has 0 aliphatic rings. The van der Waals surface area contributed by atoms with Gasteiger partial charge >= 0.3 is 0 Å². The average molecular weight is 290 g/mol. The normalized spacial score (nSPS) is 10.9. The minimum atomic E-state index is 0.111. The van der Waals surface area contributed by atoms with E-state index in [2.05, 4.69) is 20.9 Å². The van der Waals surface area contributed by atoms with E-state index in [1.54, 1.807) is 6.20 Å². The number of aromatic nitrogens is 1. The Hall–Kier alpha value is -1.81. The van der Waals surface area contributed by atoms with E-state index in [0.29, 0.717) is 16.7 Å². The molecule has 0 amide bonds. The van der Waals surface area contributed by atoms with Crippen LogP contribution >= 0.6 is 15.9 Å². The molecule has 0 fully saturated rings. The van der Waals surface area contributed by atoms with Gasteiger partial charge in [0.05, 0.1) is 22.3 Å². The second kappa shape index (κ2) is 3.89. The van der Waals surface area contributed by atoms with Crippen LogP contribution in [0.2, 0.25) is 0 Å². The third-order valence-electron chi connectivity index (χ3n) is 2.56. The molecule has 2 heterocycles. The zero-order valence-electron chi connectivity index (χ0n) is 8.72. The predicted molar refractivity (Wildman–Crippen MR) is 68.8 cm³/mol. The molecule has 0 aliphatic heterocycles. The van der Waals surface area contributed by atoms with E-state index in [9.17, 15) is 5.11 Å². The molecule has 17 heavy (non-hydrogen) atoms. The molecule has 0 saturated heterocycles. The van der Waals surface area contributed by atoms with Gasteiger partial charge in [-0.25, -0.2) is 0 Å². The molecular formula is C13H8BrNO2. The molecule has 0 aliphatic carbocycles. The van der Waals surface area contributed by atoms with Crippen molar-refractivity contribution >= 4 is 26.9 Å². The van der Waals surface area contributed by atoms with Crippen molar-refractivity contribution in [1.82, 2.24) is 4.98 Å². The first-order valence-electron chi connectivity index (χ1n) is 5.08. The Balaban J connectivity index is 2.33. The summed E-state index contributed by atoms with van der Waals surface area (Å²) >= 11 is 3.46. The summed E-state index contributed by atoms with van der Waals surface area (Å²) in [6.07, 6.45) is 2.99. The minimum absolute atomic E-state index is 0.111. The van der Waals surface area contributed by atoms with Crippen LogP contribution in [0, 0.1) is 0 Å². The van der Waals surface area contributed by atoms with Gasteiger partial charge in [-0.05, 0) is 15.9 Å². The SMILES string of the molecule is Oc1cncc2oc(-c3ccccc3)c(Br)c12. The zero-order valence-corrected chi connectivity index (χ0v) is 10.3. The van der Waals surface area contributed by atoms with Gasteiger partial charge in [-0.1, -0.05) is 30.3 Å². The zero-order chi connectivity index (χ0) is 11.8. The van der Waals surface area contributed by atoms with Gasteiger partial charge in [0.25, 0.3) is 0 Å². The van der Waals surface area contributed by atoms with Gasteiger partial charge in [-0.2, -0.15) is 0 Å². The van der Waals surface area contributed by atoms with Crippen LogP contribution in [0.25, 0.3) is 22.3 Å². The van der Waals surface area contributed by atoms with Crippen LogP contribution in [0.5, 0.6) is 5.75 Å². The average Bonchev–Trinajstić information content (AvgIpc) is 2.69. The van der Waals surface area contributed by atoms with E-state index in [0.717, 1.165) is 10.0 Å². The van der Waals surface area contributed by atoms with Crippen LogP contribution < -0.4 is 0 Å². The Morgan fingerprint density at radius 2 is 1.88 bits per heavy atom. The van der Waals surface area contributed by atoms with E-state index >= 15 is 0 Å². The summed E-state index contributed by atoms with van der Waals surface area (Å²) in [5.74, 6) is 0.809. The van der Waals surface area contributed by atoms with Crippen LogP contribution in [0.3, 0.4) is 0 Å². The fourth-order valence-corrected chi connectivity index (χ4v) is 2.48. The molecule has 3 aromatic rings. The summed E-state index contributed by atoms with van der Waals surface area (Å²) < 4.78 is 6.45. The van der Waals surface area contributed by atoms with Gasteiger partial charge in [-0.15, -0.1) is 0 Å². The molecule has 3 nitrogen and oxygen atoms in total. The molecule has 0 bridgehead atoms. The number of hydrogen-bond donors (Lipinski definition) is 1. The second-order valence-corrected chi connectivity index (χ2v) is 4.44. The predicted octanol–water partition coefficient (Wildman–Crippen LogP) is 3.96. The Labute approximate surface area is 106 Å². The highest BCUT2D eigenvalue weighted by Crippen LogP contribution is 2.40. The Bertz CT molecular complexity index is 676. The van der Waals surface area contributed by atoms with Gasteiger partial charge < -0.3 is 9.52 Å². The van der Waals surface area contributed by atoms with Crippen LogP contribution in [0.4, 0.5) is 0 Å². The number of hydrogen-bond acceptors (Lipinski definition) is 3. The molecule has 1 aromatic carbocycles. The highest BCUT2D eigenvalue weighted by Gasteiger charge is 2.16. The van der Waals surface area contributed by atoms with Crippen molar-refractivity contribution in [2.45, 2.75) is 0 Å².